The molecule has 1 aromatic heterocycles. The molecule has 0 spiro atoms. The van der Waals surface area contributed by atoms with E-state index in [9.17, 15) is 14.9 Å². The fraction of sp³-hybridized carbons (Fsp3) is 0.0357. The quantitative estimate of drug-likeness (QED) is 0.195. The summed E-state index contributed by atoms with van der Waals surface area (Å²) in [5.74, 6) is 0.948. The van der Waals surface area contributed by atoms with Crippen molar-refractivity contribution in [3.8, 4) is 11.3 Å². The van der Waals surface area contributed by atoms with Gasteiger partial charge in [-0.1, -0.05) is 48.5 Å². The summed E-state index contributed by atoms with van der Waals surface area (Å²) in [5, 5.41) is 10.9. The first-order valence-corrected chi connectivity index (χ1v) is 10.7. The van der Waals surface area contributed by atoms with Crippen LogP contribution in [0.3, 0.4) is 0 Å². The number of hydrogen-bond donors (Lipinski definition) is 0. The van der Waals surface area contributed by atoms with E-state index in [1.165, 1.54) is 12.1 Å². The molecule has 0 aliphatic carbocycles. The molecule has 1 amide bonds. The maximum absolute atomic E-state index is 13.5. The summed E-state index contributed by atoms with van der Waals surface area (Å²) >= 11 is 0. The van der Waals surface area contributed by atoms with Gasteiger partial charge in [-0.05, 0) is 60.5 Å². The largest absolute Gasteiger partial charge is 0.457 e. The molecule has 0 N–H and O–H groups in total. The summed E-state index contributed by atoms with van der Waals surface area (Å²) in [7, 11) is 0. The summed E-state index contributed by atoms with van der Waals surface area (Å²) in [6.07, 6.45) is 3.59. The first-order valence-electron chi connectivity index (χ1n) is 10.7. The minimum Gasteiger partial charge on any atom is -0.457 e. The zero-order valence-corrected chi connectivity index (χ0v) is 18.3. The van der Waals surface area contributed by atoms with Gasteiger partial charge in [0.2, 0.25) is 0 Å². The number of carbonyl (C=O) groups excluding carboxylic acids is 1. The van der Waals surface area contributed by atoms with Crippen LogP contribution in [0.25, 0.3) is 23.1 Å². The van der Waals surface area contributed by atoms with Crippen LogP contribution in [-0.2, 0) is 4.79 Å². The van der Waals surface area contributed by atoms with Crippen LogP contribution >= 0.6 is 0 Å². The van der Waals surface area contributed by atoms with Gasteiger partial charge in [-0.2, -0.15) is 0 Å². The molecular formula is C28H20N2O4. The van der Waals surface area contributed by atoms with Gasteiger partial charge >= 0.3 is 0 Å². The third-order valence-electron chi connectivity index (χ3n) is 5.70. The molecule has 34 heavy (non-hydrogen) atoms. The van der Waals surface area contributed by atoms with E-state index in [2.05, 4.69) is 0 Å². The lowest BCUT2D eigenvalue weighted by Gasteiger charge is -2.22. The highest BCUT2D eigenvalue weighted by molar-refractivity contribution is 6.23. The maximum Gasteiger partial charge on any atom is 0.269 e. The molecule has 0 saturated carbocycles. The first kappa shape index (κ1) is 21.2. The predicted octanol–water partition coefficient (Wildman–Crippen LogP) is 6.63. The molecule has 5 rings (SSSR count). The van der Waals surface area contributed by atoms with Gasteiger partial charge in [0.25, 0.3) is 11.6 Å². The van der Waals surface area contributed by atoms with E-state index in [0.717, 1.165) is 28.1 Å². The third-order valence-corrected chi connectivity index (χ3v) is 5.70. The monoisotopic (exact) mass is 448 g/mol. The summed E-state index contributed by atoms with van der Waals surface area (Å²) in [4.78, 5) is 25.7. The van der Waals surface area contributed by atoms with Crippen molar-refractivity contribution >= 4 is 29.1 Å². The number of non-ortho nitro benzene ring substituents is 1. The minimum atomic E-state index is -0.440. The second-order valence-corrected chi connectivity index (χ2v) is 7.93. The Bertz CT molecular complexity index is 1450. The Hall–Kier alpha value is -4.71. The molecule has 0 unspecified atom stereocenters. The molecule has 0 radical (unpaired) electrons. The highest BCUT2D eigenvalue weighted by atomic mass is 16.6. The van der Waals surface area contributed by atoms with Gasteiger partial charge in [0.1, 0.15) is 11.5 Å². The Morgan fingerprint density at radius 3 is 2.26 bits per heavy atom. The van der Waals surface area contributed by atoms with E-state index in [-0.39, 0.29) is 11.6 Å². The maximum atomic E-state index is 13.5. The zero-order chi connectivity index (χ0) is 23.7. The van der Waals surface area contributed by atoms with Crippen LogP contribution in [0.15, 0.2) is 107 Å². The van der Waals surface area contributed by atoms with Crippen LogP contribution in [0.2, 0.25) is 0 Å². The van der Waals surface area contributed by atoms with Gasteiger partial charge in [0.15, 0.2) is 0 Å². The molecule has 1 aliphatic heterocycles. The van der Waals surface area contributed by atoms with Crippen molar-refractivity contribution in [2.75, 3.05) is 4.90 Å². The highest BCUT2D eigenvalue weighted by Crippen LogP contribution is 2.37. The van der Waals surface area contributed by atoms with Crippen LogP contribution in [-0.4, -0.2) is 10.8 Å². The Labute approximate surface area is 196 Å². The Balaban J connectivity index is 1.52. The van der Waals surface area contributed by atoms with E-state index in [0.29, 0.717) is 17.1 Å². The number of hydrogen-bond acceptors (Lipinski definition) is 4. The molecule has 0 atom stereocenters. The molecule has 0 fully saturated rings. The summed E-state index contributed by atoms with van der Waals surface area (Å²) in [6, 6.07) is 27.3. The van der Waals surface area contributed by atoms with E-state index in [1.807, 2.05) is 67.6 Å². The van der Waals surface area contributed by atoms with Crippen molar-refractivity contribution in [1.82, 2.24) is 0 Å². The number of nitrogens with zero attached hydrogens (tertiary/aromatic N) is 2. The molecule has 3 aromatic carbocycles. The Morgan fingerprint density at radius 2 is 1.56 bits per heavy atom. The van der Waals surface area contributed by atoms with E-state index in [1.54, 1.807) is 35.2 Å². The van der Waals surface area contributed by atoms with Gasteiger partial charge in [-0.3, -0.25) is 19.8 Å². The second-order valence-electron chi connectivity index (χ2n) is 7.93. The van der Waals surface area contributed by atoms with Crippen LogP contribution in [0.1, 0.15) is 16.9 Å². The van der Waals surface area contributed by atoms with Crippen LogP contribution in [0, 0.1) is 17.0 Å². The highest BCUT2D eigenvalue weighted by Gasteiger charge is 2.31. The summed E-state index contributed by atoms with van der Waals surface area (Å²) in [5.41, 5.74) is 4.81. The van der Waals surface area contributed by atoms with Gasteiger partial charge in [0, 0.05) is 23.3 Å². The molecule has 0 saturated heterocycles. The number of carbonyl (C=O) groups is 1. The van der Waals surface area contributed by atoms with Gasteiger partial charge in [-0.25, -0.2) is 0 Å². The lowest BCUT2D eigenvalue weighted by molar-refractivity contribution is -0.384. The standard InChI is InChI=1S/C28H20N2O4/c1-19-7-5-6-10-25(19)29-26(20-8-3-2-4-9-20)18-22(28(29)31)17-24-15-16-27(34-24)21-11-13-23(14-12-21)30(32)33/h2-18H,1H3. The average molecular weight is 448 g/mol. The van der Waals surface area contributed by atoms with Crippen molar-refractivity contribution in [2.45, 2.75) is 6.92 Å². The van der Waals surface area contributed by atoms with Crippen molar-refractivity contribution in [3.63, 3.8) is 0 Å². The van der Waals surface area contributed by atoms with Gasteiger partial charge in [-0.15, -0.1) is 0 Å². The van der Waals surface area contributed by atoms with Gasteiger partial charge in [0.05, 0.1) is 16.3 Å². The Kier molecular flexibility index (Phi) is 5.40. The third kappa shape index (κ3) is 3.93. The number of aryl methyl sites for hydroxylation is 1. The molecule has 166 valence electrons. The van der Waals surface area contributed by atoms with Crippen molar-refractivity contribution in [2.24, 2.45) is 0 Å². The first-order chi connectivity index (χ1) is 16.5. The SMILES string of the molecule is Cc1ccccc1N1C(=O)C(=Cc2ccc(-c3ccc([N+](=O)[O-])cc3)o2)C=C1c1ccccc1. The molecule has 1 aliphatic rings. The lowest BCUT2D eigenvalue weighted by Crippen LogP contribution is -2.25. The van der Waals surface area contributed by atoms with E-state index < -0.39 is 4.92 Å². The minimum absolute atomic E-state index is 0.0177. The average Bonchev–Trinajstić information content (AvgIpc) is 3.45. The fourth-order valence-electron chi connectivity index (χ4n) is 3.98. The number of nitro groups is 1. The second kappa shape index (κ2) is 8.67. The number of amides is 1. The number of nitro benzene ring substituents is 1. The van der Waals surface area contributed by atoms with Crippen molar-refractivity contribution in [3.05, 3.63) is 130 Å². The topological polar surface area (TPSA) is 76.6 Å². The van der Waals surface area contributed by atoms with E-state index in [4.69, 9.17) is 4.42 Å². The number of para-hydroxylation sites is 1. The van der Waals surface area contributed by atoms with E-state index >= 15 is 0 Å². The van der Waals surface area contributed by atoms with Crippen LogP contribution in [0.4, 0.5) is 11.4 Å². The molecule has 0 bridgehead atoms. The number of rotatable bonds is 5. The number of anilines is 1. The Morgan fingerprint density at radius 1 is 0.853 bits per heavy atom. The fourth-order valence-corrected chi connectivity index (χ4v) is 3.98. The van der Waals surface area contributed by atoms with Crippen molar-refractivity contribution in [1.29, 1.82) is 0 Å². The number of furan rings is 1. The molecule has 4 aromatic rings. The van der Waals surface area contributed by atoms with Gasteiger partial charge < -0.3 is 4.42 Å². The number of benzene rings is 3. The normalized spacial score (nSPS) is 14.5. The molecule has 6 heteroatoms. The van der Waals surface area contributed by atoms with Crippen molar-refractivity contribution < 1.29 is 14.1 Å². The predicted molar refractivity (Wildman–Crippen MR) is 132 cm³/mol. The van der Waals surface area contributed by atoms with Crippen LogP contribution < -0.4 is 4.90 Å². The lowest BCUT2D eigenvalue weighted by atomic mass is 10.1. The molecule has 2 heterocycles. The summed E-state index contributed by atoms with van der Waals surface area (Å²) in [6.45, 7) is 1.98. The smallest absolute Gasteiger partial charge is 0.269 e. The van der Waals surface area contributed by atoms with Crippen LogP contribution in [0.5, 0.6) is 0 Å². The zero-order valence-electron chi connectivity index (χ0n) is 18.3. The molecule has 6 nitrogen and oxygen atoms in total. The molecular weight excluding hydrogens is 428 g/mol. The summed E-state index contributed by atoms with van der Waals surface area (Å²) < 4.78 is 5.94.